The lowest BCUT2D eigenvalue weighted by Gasteiger charge is -2.21. The van der Waals surface area contributed by atoms with Crippen molar-refractivity contribution in [1.29, 1.82) is 0 Å². The molecule has 0 aliphatic heterocycles. The van der Waals surface area contributed by atoms with E-state index in [0.29, 0.717) is 19.4 Å². The van der Waals surface area contributed by atoms with E-state index in [1.165, 1.54) is 0 Å². The lowest BCUT2D eigenvalue weighted by molar-refractivity contribution is -0.131. The number of aliphatic hydroxyl groups is 1. The van der Waals surface area contributed by atoms with E-state index in [2.05, 4.69) is 0 Å². The predicted octanol–water partition coefficient (Wildman–Crippen LogP) is -0.0470. The van der Waals surface area contributed by atoms with E-state index in [1.54, 1.807) is 18.9 Å². The fourth-order valence-corrected chi connectivity index (χ4v) is 0.948. The third-order valence-corrected chi connectivity index (χ3v) is 2.02. The van der Waals surface area contributed by atoms with Gasteiger partial charge in [-0.05, 0) is 19.8 Å². The van der Waals surface area contributed by atoms with Gasteiger partial charge in [0.05, 0.1) is 12.1 Å². The number of nitrogens with zero attached hydrogens (tertiary/aromatic N) is 1. The molecule has 0 aliphatic carbocycles. The molecule has 0 bridgehead atoms. The molecule has 0 aromatic rings. The molecule has 78 valence electrons. The van der Waals surface area contributed by atoms with Crippen molar-refractivity contribution in [3.05, 3.63) is 0 Å². The van der Waals surface area contributed by atoms with Gasteiger partial charge in [-0.1, -0.05) is 6.92 Å². The molecule has 3 N–H and O–H groups in total. The molecular formula is C9H20N2O2. The summed E-state index contributed by atoms with van der Waals surface area (Å²) in [7, 11) is 1.71. The van der Waals surface area contributed by atoms with Crippen LogP contribution in [0.15, 0.2) is 0 Å². The molecule has 4 nitrogen and oxygen atoms in total. The molecule has 0 aromatic carbocycles. The van der Waals surface area contributed by atoms with E-state index < -0.39 is 6.04 Å². The van der Waals surface area contributed by atoms with Crippen LogP contribution in [0, 0.1) is 0 Å². The fraction of sp³-hybridized carbons (Fsp3) is 0.889. The second-order valence-corrected chi connectivity index (χ2v) is 3.41. The van der Waals surface area contributed by atoms with Gasteiger partial charge in [0.15, 0.2) is 0 Å². The first kappa shape index (κ1) is 12.4. The van der Waals surface area contributed by atoms with Crippen LogP contribution < -0.4 is 5.73 Å². The number of amides is 1. The summed E-state index contributed by atoms with van der Waals surface area (Å²) in [5.41, 5.74) is 5.57. The molecule has 4 heteroatoms. The summed E-state index contributed by atoms with van der Waals surface area (Å²) in [6.07, 6.45) is 0.879. The number of carbonyl (C=O) groups excluding carboxylic acids is 1. The highest BCUT2D eigenvalue weighted by atomic mass is 16.3. The molecule has 0 rings (SSSR count). The maximum atomic E-state index is 11.4. The fourth-order valence-electron chi connectivity index (χ4n) is 0.948. The van der Waals surface area contributed by atoms with Gasteiger partial charge in [0.2, 0.25) is 5.91 Å². The molecule has 0 aliphatic rings. The third-order valence-electron chi connectivity index (χ3n) is 2.02. The summed E-state index contributed by atoms with van der Waals surface area (Å²) in [4.78, 5) is 13.0. The van der Waals surface area contributed by atoms with Gasteiger partial charge < -0.3 is 15.7 Å². The van der Waals surface area contributed by atoms with Gasteiger partial charge in [-0.25, -0.2) is 0 Å². The first-order chi connectivity index (χ1) is 5.99. The Bertz CT molecular complexity index is 160. The Hall–Kier alpha value is -0.610. The van der Waals surface area contributed by atoms with Crippen LogP contribution in [-0.4, -0.2) is 41.7 Å². The third kappa shape index (κ3) is 4.85. The van der Waals surface area contributed by atoms with Crippen LogP contribution in [0.5, 0.6) is 0 Å². The summed E-state index contributed by atoms with van der Waals surface area (Å²) < 4.78 is 0. The topological polar surface area (TPSA) is 66.6 Å². The average Bonchev–Trinajstić information content (AvgIpc) is 2.11. The molecule has 0 aromatic heterocycles. The Balaban J connectivity index is 3.82. The van der Waals surface area contributed by atoms with Gasteiger partial charge in [-0.3, -0.25) is 4.79 Å². The van der Waals surface area contributed by atoms with E-state index >= 15 is 0 Å². The summed E-state index contributed by atoms with van der Waals surface area (Å²) >= 11 is 0. The highest BCUT2D eigenvalue weighted by molar-refractivity contribution is 5.81. The van der Waals surface area contributed by atoms with Crippen LogP contribution in [0.2, 0.25) is 0 Å². The van der Waals surface area contributed by atoms with Gasteiger partial charge in [0.25, 0.3) is 0 Å². The zero-order chi connectivity index (χ0) is 10.4. The van der Waals surface area contributed by atoms with Crippen LogP contribution in [0.1, 0.15) is 26.7 Å². The predicted molar refractivity (Wildman–Crippen MR) is 52.2 cm³/mol. The Morgan fingerprint density at radius 1 is 1.62 bits per heavy atom. The zero-order valence-corrected chi connectivity index (χ0v) is 8.66. The van der Waals surface area contributed by atoms with Crippen molar-refractivity contribution < 1.29 is 9.90 Å². The van der Waals surface area contributed by atoms with E-state index in [4.69, 9.17) is 10.8 Å². The second-order valence-electron chi connectivity index (χ2n) is 3.41. The minimum atomic E-state index is -0.404. The van der Waals surface area contributed by atoms with Crippen LogP contribution >= 0.6 is 0 Å². The Labute approximate surface area is 79.7 Å². The van der Waals surface area contributed by atoms with Crippen LogP contribution in [0.4, 0.5) is 0 Å². The van der Waals surface area contributed by atoms with E-state index in [-0.39, 0.29) is 12.0 Å². The van der Waals surface area contributed by atoms with Crippen molar-refractivity contribution >= 4 is 5.91 Å². The molecule has 0 heterocycles. The van der Waals surface area contributed by atoms with Crippen molar-refractivity contribution in [3.63, 3.8) is 0 Å². The first-order valence-electron chi connectivity index (χ1n) is 4.67. The Kier molecular flexibility index (Phi) is 5.66. The molecule has 0 saturated carbocycles. The maximum absolute atomic E-state index is 11.4. The van der Waals surface area contributed by atoms with Gasteiger partial charge in [0, 0.05) is 13.6 Å². The standard InChI is InChI=1S/C9H20N2O2/c1-4-8(10)9(13)11(3)6-5-7(2)12/h7-8,12H,4-6,10H2,1-3H3/t7?,8-/m1/s1. The quantitative estimate of drug-likeness (QED) is 0.636. The number of likely N-dealkylation sites (N-methyl/N-ethyl adjacent to an activating group) is 1. The smallest absolute Gasteiger partial charge is 0.239 e. The minimum Gasteiger partial charge on any atom is -0.393 e. The van der Waals surface area contributed by atoms with E-state index in [9.17, 15) is 4.79 Å². The normalized spacial score (nSPS) is 15.2. The van der Waals surface area contributed by atoms with E-state index in [1.807, 2.05) is 6.92 Å². The van der Waals surface area contributed by atoms with Crippen molar-refractivity contribution in [2.24, 2.45) is 5.73 Å². The van der Waals surface area contributed by atoms with Crippen molar-refractivity contribution in [2.75, 3.05) is 13.6 Å². The van der Waals surface area contributed by atoms with Crippen molar-refractivity contribution in [3.8, 4) is 0 Å². The maximum Gasteiger partial charge on any atom is 0.239 e. The number of nitrogens with two attached hydrogens (primary N) is 1. The van der Waals surface area contributed by atoms with Crippen LogP contribution in [0.25, 0.3) is 0 Å². The van der Waals surface area contributed by atoms with Crippen molar-refractivity contribution in [1.82, 2.24) is 4.90 Å². The zero-order valence-electron chi connectivity index (χ0n) is 8.66. The SMILES string of the molecule is CC[C@@H](N)C(=O)N(C)CCC(C)O. The lowest BCUT2D eigenvalue weighted by Crippen LogP contribution is -2.42. The van der Waals surface area contributed by atoms with Gasteiger partial charge in [0.1, 0.15) is 0 Å². The molecule has 2 atom stereocenters. The summed E-state index contributed by atoms with van der Waals surface area (Å²) in [5.74, 6) is -0.0526. The van der Waals surface area contributed by atoms with E-state index in [0.717, 1.165) is 0 Å². The summed E-state index contributed by atoms with van der Waals surface area (Å²) in [6.45, 7) is 4.15. The Morgan fingerprint density at radius 2 is 2.15 bits per heavy atom. The molecule has 0 radical (unpaired) electrons. The molecular weight excluding hydrogens is 168 g/mol. The molecule has 13 heavy (non-hydrogen) atoms. The molecule has 0 spiro atoms. The average molecular weight is 188 g/mol. The number of aliphatic hydroxyl groups excluding tert-OH is 1. The highest BCUT2D eigenvalue weighted by Gasteiger charge is 2.15. The monoisotopic (exact) mass is 188 g/mol. The van der Waals surface area contributed by atoms with Crippen LogP contribution in [-0.2, 0) is 4.79 Å². The number of hydrogen-bond donors (Lipinski definition) is 2. The van der Waals surface area contributed by atoms with Gasteiger partial charge in [-0.15, -0.1) is 0 Å². The summed E-state index contributed by atoms with van der Waals surface area (Å²) in [6, 6.07) is -0.404. The molecule has 1 amide bonds. The molecule has 0 fully saturated rings. The minimum absolute atomic E-state index is 0.0526. The van der Waals surface area contributed by atoms with Gasteiger partial charge in [-0.2, -0.15) is 0 Å². The van der Waals surface area contributed by atoms with Crippen LogP contribution in [0.3, 0.4) is 0 Å². The van der Waals surface area contributed by atoms with Gasteiger partial charge >= 0.3 is 0 Å². The molecule has 1 unspecified atom stereocenters. The number of rotatable bonds is 5. The summed E-state index contributed by atoms with van der Waals surface area (Å²) in [5, 5.41) is 9.01. The number of hydrogen-bond acceptors (Lipinski definition) is 3. The molecule has 0 saturated heterocycles. The highest BCUT2D eigenvalue weighted by Crippen LogP contribution is 1.97. The van der Waals surface area contributed by atoms with Crippen molar-refractivity contribution in [2.45, 2.75) is 38.8 Å². The Morgan fingerprint density at radius 3 is 2.54 bits per heavy atom. The second kappa shape index (κ2) is 5.94. The first-order valence-corrected chi connectivity index (χ1v) is 4.67. The largest absolute Gasteiger partial charge is 0.393 e. The number of carbonyl (C=O) groups is 1. The lowest BCUT2D eigenvalue weighted by atomic mass is 10.2.